The predicted octanol–water partition coefficient (Wildman–Crippen LogP) is -0.882. The van der Waals surface area contributed by atoms with Gasteiger partial charge in [-0.1, -0.05) is 24.3 Å². The first-order valence-electron chi connectivity index (χ1n) is 7.83. The molecule has 0 atom stereocenters. The number of ether oxygens (including phenoxy) is 3. The topological polar surface area (TPSA) is 206 Å². The van der Waals surface area contributed by atoms with Gasteiger partial charge >= 0.3 is 15.2 Å². The van der Waals surface area contributed by atoms with Crippen molar-refractivity contribution in [1.82, 2.24) is 0 Å². The van der Waals surface area contributed by atoms with Gasteiger partial charge in [0.1, 0.15) is 35.3 Å². The fraction of sp³-hybridized carbons (Fsp3) is 0.250. The van der Waals surface area contributed by atoms with Crippen molar-refractivity contribution >= 4 is 25.8 Å². The van der Waals surface area contributed by atoms with Gasteiger partial charge < -0.3 is 44.7 Å². The van der Waals surface area contributed by atoms with Crippen LogP contribution >= 0.6 is 15.2 Å². The van der Waals surface area contributed by atoms with Crippen LogP contribution in [0.4, 0.5) is 0 Å². The van der Waals surface area contributed by atoms with Crippen LogP contribution < -0.4 is 20.1 Å². The minimum atomic E-state index is -4.42. The summed E-state index contributed by atoms with van der Waals surface area (Å²) < 4.78 is 38.7. The summed E-state index contributed by atoms with van der Waals surface area (Å²) in [7, 11) is -8.85. The van der Waals surface area contributed by atoms with E-state index in [9.17, 15) is 28.7 Å². The number of hydrogen-bond donors (Lipinski definition) is 4. The van der Waals surface area contributed by atoms with Gasteiger partial charge in [-0.25, -0.2) is 0 Å². The summed E-state index contributed by atoms with van der Waals surface area (Å²) in [6.45, 7) is 0.407. The second-order valence-electron chi connectivity index (χ2n) is 5.33. The minimum absolute atomic E-state index is 0. The van der Waals surface area contributed by atoms with Gasteiger partial charge in [0.15, 0.2) is 0 Å². The van der Waals surface area contributed by atoms with Gasteiger partial charge in [-0.05, 0) is 24.3 Å². The highest BCUT2D eigenvalue weighted by molar-refractivity contribution is 7.60. The first kappa shape index (κ1) is 27.2. The Morgan fingerprint density at radius 2 is 0.966 bits per heavy atom. The van der Waals surface area contributed by atoms with E-state index in [1.165, 1.54) is 36.4 Å². The molecule has 0 saturated carbocycles. The molecule has 29 heavy (non-hydrogen) atoms. The van der Waals surface area contributed by atoms with Crippen LogP contribution in [-0.2, 0) is 13.9 Å². The number of hydrogen-bond acceptors (Lipinski definition) is 5. The van der Waals surface area contributed by atoms with Crippen LogP contribution in [0.3, 0.4) is 0 Å². The molecule has 2 aromatic carbocycles. The van der Waals surface area contributed by atoms with E-state index in [2.05, 4.69) is 0 Å². The average Bonchev–Trinajstić information content (AvgIpc) is 2.60. The maximum absolute atomic E-state index is 11.4. The van der Waals surface area contributed by atoms with E-state index >= 15 is 0 Å². The van der Waals surface area contributed by atoms with Gasteiger partial charge in [-0.3, -0.25) is 9.13 Å². The molecule has 0 aliphatic carbocycles. The van der Waals surface area contributed by atoms with Gasteiger partial charge in [0.05, 0.1) is 13.2 Å². The molecular weight excluding hydrogens is 430 g/mol. The Morgan fingerprint density at radius 1 is 0.621 bits per heavy atom. The van der Waals surface area contributed by atoms with Crippen LogP contribution in [0.15, 0.2) is 48.5 Å². The first-order chi connectivity index (χ1) is 12.7. The Bertz CT molecular complexity index is 777. The molecule has 0 aliphatic heterocycles. The minimum Gasteiger partial charge on any atom is -0.490 e. The van der Waals surface area contributed by atoms with Crippen molar-refractivity contribution in [3.05, 3.63) is 48.5 Å². The van der Waals surface area contributed by atoms with Crippen LogP contribution in [-0.4, -0.2) is 57.0 Å². The van der Waals surface area contributed by atoms with E-state index in [4.69, 9.17) is 14.2 Å². The van der Waals surface area contributed by atoms with Crippen molar-refractivity contribution in [3.8, 4) is 11.5 Å². The molecule has 0 heterocycles. The molecule has 13 heteroatoms. The van der Waals surface area contributed by atoms with E-state index in [1.54, 1.807) is 12.1 Å². The van der Waals surface area contributed by atoms with E-state index in [1.807, 2.05) is 0 Å². The summed E-state index contributed by atoms with van der Waals surface area (Å²) in [5.74, 6) is 0.169. The van der Waals surface area contributed by atoms with E-state index < -0.39 is 15.2 Å². The van der Waals surface area contributed by atoms with E-state index in [0.717, 1.165) is 0 Å². The molecule has 164 valence electrons. The third kappa shape index (κ3) is 8.63. The molecule has 2 rings (SSSR count). The van der Waals surface area contributed by atoms with Crippen LogP contribution in [0.25, 0.3) is 0 Å². The summed E-state index contributed by atoms with van der Waals surface area (Å²) in [4.78, 5) is 37.0. The highest BCUT2D eigenvalue weighted by atomic mass is 31.2. The lowest BCUT2D eigenvalue weighted by atomic mass is 10.3. The molecule has 8 N–H and O–H groups in total. The van der Waals surface area contributed by atoms with Crippen molar-refractivity contribution in [2.24, 2.45) is 0 Å². The van der Waals surface area contributed by atoms with Crippen molar-refractivity contribution < 1.29 is 53.9 Å². The first-order valence-corrected chi connectivity index (χ1v) is 11.1. The molecule has 0 spiro atoms. The van der Waals surface area contributed by atoms with Crippen molar-refractivity contribution in [2.75, 3.05) is 26.4 Å². The normalized spacial score (nSPS) is 11.2. The Balaban J connectivity index is 0.00000392. The maximum Gasteiger partial charge on any atom is 0.359 e. The Morgan fingerprint density at radius 3 is 1.31 bits per heavy atom. The zero-order valence-electron chi connectivity index (χ0n) is 15.2. The van der Waals surface area contributed by atoms with Gasteiger partial charge in [0, 0.05) is 0 Å². The zero-order chi connectivity index (χ0) is 19.9. The lowest BCUT2D eigenvalue weighted by Gasteiger charge is -2.13. The molecule has 0 amide bonds. The molecule has 2 aromatic rings. The molecule has 0 unspecified atom stereocenters. The van der Waals surface area contributed by atoms with Crippen LogP contribution in [0.2, 0.25) is 0 Å². The van der Waals surface area contributed by atoms with Gasteiger partial charge in [-0.15, -0.1) is 0 Å². The number of benzene rings is 2. The largest absolute Gasteiger partial charge is 0.490 e. The highest BCUT2D eigenvalue weighted by Crippen LogP contribution is 2.37. The standard InChI is InChI=1S/C16H20O9P2.2H2O/c17-26(18,19)15-7-3-1-5-13(15)24-11-9-23-10-12-25-14-6-2-4-8-16(14)27(20,21)22;;/h1-8H,9-12H2,(H2,17,18,19)(H2,20,21,22);2*1H2. The van der Waals surface area contributed by atoms with Crippen molar-refractivity contribution in [1.29, 1.82) is 0 Å². The van der Waals surface area contributed by atoms with Crippen LogP contribution in [0, 0.1) is 0 Å². The van der Waals surface area contributed by atoms with Crippen LogP contribution in [0.1, 0.15) is 0 Å². The Kier molecular flexibility index (Phi) is 11.3. The zero-order valence-corrected chi connectivity index (χ0v) is 17.0. The van der Waals surface area contributed by atoms with E-state index in [0.29, 0.717) is 0 Å². The summed E-state index contributed by atoms with van der Waals surface area (Å²) in [5, 5.41) is -0.384. The SMILES string of the molecule is O.O.O=P(O)(O)c1ccccc1OCCOCCOc1ccccc1P(=O)(O)O. The molecule has 11 nitrogen and oxygen atoms in total. The van der Waals surface area contributed by atoms with Gasteiger partial charge in [0.2, 0.25) is 0 Å². The molecule has 0 aromatic heterocycles. The summed E-state index contributed by atoms with van der Waals surface area (Å²) in [5.41, 5.74) is 0. The van der Waals surface area contributed by atoms with Crippen molar-refractivity contribution in [3.63, 3.8) is 0 Å². The maximum atomic E-state index is 11.4. The number of rotatable bonds is 10. The van der Waals surface area contributed by atoms with Gasteiger partial charge in [0.25, 0.3) is 0 Å². The quantitative estimate of drug-likeness (QED) is 0.259. The Labute approximate surface area is 166 Å². The van der Waals surface area contributed by atoms with Crippen molar-refractivity contribution in [2.45, 2.75) is 0 Å². The third-order valence-corrected chi connectivity index (χ3v) is 5.32. The lowest BCUT2D eigenvalue weighted by molar-refractivity contribution is 0.0768. The lowest BCUT2D eigenvalue weighted by Crippen LogP contribution is -2.17. The number of para-hydroxylation sites is 2. The smallest absolute Gasteiger partial charge is 0.359 e. The summed E-state index contributed by atoms with van der Waals surface area (Å²) in [6, 6.07) is 11.7. The van der Waals surface area contributed by atoms with Crippen LogP contribution in [0.5, 0.6) is 11.5 Å². The molecule has 0 bridgehead atoms. The second kappa shape index (κ2) is 12.0. The molecule has 0 saturated heterocycles. The second-order valence-corrected chi connectivity index (χ2v) is 8.47. The monoisotopic (exact) mass is 454 g/mol. The molecule has 0 aliphatic rings. The summed E-state index contributed by atoms with van der Waals surface area (Å²) >= 11 is 0. The molecule has 0 radical (unpaired) electrons. The fourth-order valence-corrected chi connectivity index (χ4v) is 3.58. The summed E-state index contributed by atoms with van der Waals surface area (Å²) in [6.07, 6.45) is 0. The Hall–Kier alpha value is -1.78. The fourth-order valence-electron chi connectivity index (χ4n) is 2.16. The highest BCUT2D eigenvalue weighted by Gasteiger charge is 2.22. The average molecular weight is 454 g/mol. The van der Waals surface area contributed by atoms with E-state index in [-0.39, 0.29) is 59.5 Å². The molecule has 0 fully saturated rings. The predicted molar refractivity (Wildman–Crippen MR) is 105 cm³/mol. The third-order valence-electron chi connectivity index (χ3n) is 3.33. The molecular formula is C16H24O11P2. The van der Waals surface area contributed by atoms with Gasteiger partial charge in [-0.2, -0.15) is 0 Å².